The Bertz CT molecular complexity index is 1210. The fraction of sp³-hybridized carbons (Fsp3) is 0.100. The second-order valence-corrected chi connectivity index (χ2v) is 7.79. The summed E-state index contributed by atoms with van der Waals surface area (Å²) < 4.78 is 6.02. The number of hydrogen-bond acceptors (Lipinski definition) is 3. The summed E-state index contributed by atoms with van der Waals surface area (Å²) in [5.74, 6) is 0.852. The number of ether oxygens (including phenoxy) is 1. The number of hydrogen-bond donors (Lipinski definition) is 1. The third kappa shape index (κ3) is 5.98. The summed E-state index contributed by atoms with van der Waals surface area (Å²) >= 11 is 0. The summed E-state index contributed by atoms with van der Waals surface area (Å²) in [6, 6.07) is 34.8. The molecular formula is C30H26O3. The van der Waals surface area contributed by atoms with E-state index in [0.717, 1.165) is 24.2 Å². The van der Waals surface area contributed by atoms with Crippen LogP contribution in [-0.4, -0.2) is 10.9 Å². The van der Waals surface area contributed by atoms with Gasteiger partial charge in [-0.25, -0.2) is 0 Å². The van der Waals surface area contributed by atoms with Gasteiger partial charge in [0.25, 0.3) is 0 Å². The highest BCUT2D eigenvalue weighted by Gasteiger charge is 2.20. The molecule has 5 rings (SSSR count). The van der Waals surface area contributed by atoms with Gasteiger partial charge in [-0.05, 0) is 53.8 Å². The van der Waals surface area contributed by atoms with Gasteiger partial charge in [-0.15, -0.1) is 0 Å². The summed E-state index contributed by atoms with van der Waals surface area (Å²) in [4.78, 5) is 11.8. The fourth-order valence-corrected chi connectivity index (χ4v) is 3.73. The molecule has 0 saturated carbocycles. The third-order valence-corrected chi connectivity index (χ3v) is 5.49. The van der Waals surface area contributed by atoms with Crippen LogP contribution in [0.5, 0.6) is 11.5 Å². The van der Waals surface area contributed by atoms with E-state index >= 15 is 0 Å². The van der Waals surface area contributed by atoms with E-state index in [9.17, 15) is 9.90 Å². The van der Waals surface area contributed by atoms with Crippen LogP contribution in [-0.2, 0) is 6.42 Å². The Kier molecular flexibility index (Phi) is 7.34. The highest BCUT2D eigenvalue weighted by atomic mass is 16.5. The maximum Gasteiger partial charge on any atom is 0.189 e. The van der Waals surface area contributed by atoms with E-state index < -0.39 is 0 Å². The second-order valence-electron chi connectivity index (χ2n) is 7.79. The molecule has 3 nitrogen and oxygen atoms in total. The van der Waals surface area contributed by atoms with E-state index in [4.69, 9.17) is 4.74 Å². The lowest BCUT2D eigenvalue weighted by Gasteiger charge is -2.26. The molecule has 1 aliphatic rings. The highest BCUT2D eigenvalue weighted by molar-refractivity contribution is 6.08. The van der Waals surface area contributed by atoms with Crippen LogP contribution in [0.25, 0.3) is 6.08 Å². The van der Waals surface area contributed by atoms with Crippen LogP contribution in [0.4, 0.5) is 0 Å². The van der Waals surface area contributed by atoms with Gasteiger partial charge in [0.05, 0.1) is 5.56 Å². The van der Waals surface area contributed by atoms with Crippen LogP contribution in [0.3, 0.4) is 0 Å². The molecular weight excluding hydrogens is 408 g/mol. The quantitative estimate of drug-likeness (QED) is 0.277. The molecule has 164 valence electrons. The van der Waals surface area contributed by atoms with Gasteiger partial charge in [0.15, 0.2) is 5.78 Å². The first-order chi connectivity index (χ1) is 16.2. The maximum absolute atomic E-state index is 11.8. The first kappa shape index (κ1) is 22.1. The number of aromatic hydroxyl groups is 1. The zero-order chi connectivity index (χ0) is 22.9. The van der Waals surface area contributed by atoms with Crippen molar-refractivity contribution in [2.24, 2.45) is 0 Å². The Morgan fingerprint density at radius 3 is 2.18 bits per heavy atom. The zero-order valence-corrected chi connectivity index (χ0v) is 18.3. The largest absolute Gasteiger partial charge is 0.507 e. The molecule has 0 aliphatic carbocycles. The van der Waals surface area contributed by atoms with Crippen molar-refractivity contribution >= 4 is 11.9 Å². The number of allylic oxidation sites excluding steroid dienone is 1. The first-order valence-corrected chi connectivity index (χ1v) is 11.1. The molecule has 1 aliphatic heterocycles. The Morgan fingerprint density at radius 2 is 1.42 bits per heavy atom. The lowest BCUT2D eigenvalue weighted by atomic mass is 9.98. The van der Waals surface area contributed by atoms with Crippen molar-refractivity contribution in [3.8, 4) is 11.5 Å². The number of phenolic OH excluding ortho intramolecular Hbond substituents is 1. The molecule has 1 unspecified atom stereocenters. The standard InChI is InChI=1S/C15H12O2.C15H14O/c16-14-9-5-4-8-13(14)15(17)11-10-12-6-2-1-3-7-12;1-2-6-12(7-3-1)15-11-10-13-8-4-5-9-14(13)16-15/h1-11,16H;1-9,15H,10-11H2. The average Bonchev–Trinajstić information content (AvgIpc) is 2.89. The van der Waals surface area contributed by atoms with Gasteiger partial charge in [-0.3, -0.25) is 4.79 Å². The Hall–Kier alpha value is -4.11. The van der Waals surface area contributed by atoms with Crippen molar-refractivity contribution in [1.82, 2.24) is 0 Å². The summed E-state index contributed by atoms with van der Waals surface area (Å²) in [5, 5.41) is 9.52. The molecule has 4 aromatic rings. The fourth-order valence-electron chi connectivity index (χ4n) is 3.73. The van der Waals surface area contributed by atoms with E-state index in [2.05, 4.69) is 42.5 Å². The smallest absolute Gasteiger partial charge is 0.189 e. The highest BCUT2D eigenvalue weighted by Crippen LogP contribution is 2.34. The molecule has 0 radical (unpaired) electrons. The van der Waals surface area contributed by atoms with Gasteiger partial charge >= 0.3 is 0 Å². The number of fused-ring (bicyclic) bond motifs is 1. The normalized spacial score (nSPS) is 14.5. The summed E-state index contributed by atoms with van der Waals surface area (Å²) in [6.45, 7) is 0. The predicted molar refractivity (Wildman–Crippen MR) is 132 cm³/mol. The third-order valence-electron chi connectivity index (χ3n) is 5.49. The molecule has 0 fully saturated rings. The van der Waals surface area contributed by atoms with Crippen molar-refractivity contribution in [1.29, 1.82) is 0 Å². The van der Waals surface area contributed by atoms with Crippen molar-refractivity contribution in [3.05, 3.63) is 138 Å². The van der Waals surface area contributed by atoms with Gasteiger partial charge in [0.1, 0.15) is 17.6 Å². The van der Waals surface area contributed by atoms with Crippen LogP contribution >= 0.6 is 0 Å². The first-order valence-electron chi connectivity index (χ1n) is 11.1. The van der Waals surface area contributed by atoms with E-state index in [1.165, 1.54) is 23.3 Å². The minimum Gasteiger partial charge on any atom is -0.507 e. The second kappa shape index (κ2) is 11.0. The molecule has 1 heterocycles. The zero-order valence-electron chi connectivity index (χ0n) is 18.3. The molecule has 0 bridgehead atoms. The van der Waals surface area contributed by atoms with Crippen LogP contribution in [0.1, 0.15) is 39.6 Å². The SMILES string of the molecule is O=C(C=Cc1ccccc1)c1ccccc1O.c1ccc(C2CCc3ccccc3O2)cc1. The molecule has 0 amide bonds. The Balaban J connectivity index is 0.000000157. The van der Waals surface area contributed by atoms with Gasteiger partial charge in [0.2, 0.25) is 0 Å². The number of carbonyl (C=O) groups excluding carboxylic acids is 1. The van der Waals surface area contributed by atoms with Gasteiger partial charge in [-0.1, -0.05) is 97.1 Å². The van der Waals surface area contributed by atoms with E-state index in [-0.39, 0.29) is 17.6 Å². The van der Waals surface area contributed by atoms with Crippen LogP contribution in [0.15, 0.2) is 115 Å². The molecule has 4 aromatic carbocycles. The number of ketones is 1. The average molecular weight is 435 g/mol. The van der Waals surface area contributed by atoms with Crippen LogP contribution in [0.2, 0.25) is 0 Å². The van der Waals surface area contributed by atoms with Gasteiger partial charge in [-0.2, -0.15) is 0 Å². The van der Waals surface area contributed by atoms with E-state index in [1.807, 2.05) is 42.5 Å². The number of aryl methyl sites for hydroxylation is 1. The molecule has 3 heteroatoms. The van der Waals surface area contributed by atoms with Crippen molar-refractivity contribution in [2.75, 3.05) is 0 Å². The summed E-state index contributed by atoms with van der Waals surface area (Å²) in [5.41, 5.74) is 3.88. The van der Waals surface area contributed by atoms with E-state index in [0.29, 0.717) is 5.56 Å². The lowest BCUT2D eigenvalue weighted by molar-refractivity contribution is 0.104. The molecule has 0 aromatic heterocycles. The summed E-state index contributed by atoms with van der Waals surface area (Å²) in [7, 11) is 0. The molecule has 1 N–H and O–H groups in total. The minimum absolute atomic E-state index is 0.00946. The van der Waals surface area contributed by atoms with Gasteiger partial charge < -0.3 is 9.84 Å². The number of para-hydroxylation sites is 2. The van der Waals surface area contributed by atoms with Crippen molar-refractivity contribution in [3.63, 3.8) is 0 Å². The van der Waals surface area contributed by atoms with Crippen LogP contribution in [0, 0.1) is 0 Å². The minimum atomic E-state index is -0.202. The Morgan fingerprint density at radius 1 is 0.788 bits per heavy atom. The number of rotatable bonds is 4. The number of phenols is 1. The van der Waals surface area contributed by atoms with Crippen molar-refractivity contribution < 1.29 is 14.6 Å². The number of carbonyl (C=O) groups is 1. The molecule has 1 atom stereocenters. The van der Waals surface area contributed by atoms with E-state index in [1.54, 1.807) is 24.3 Å². The monoisotopic (exact) mass is 434 g/mol. The molecule has 0 spiro atoms. The maximum atomic E-state index is 11.8. The summed E-state index contributed by atoms with van der Waals surface area (Å²) in [6.07, 6.45) is 5.59. The lowest BCUT2D eigenvalue weighted by Crippen LogP contribution is -2.14. The van der Waals surface area contributed by atoms with Crippen LogP contribution < -0.4 is 4.74 Å². The Labute approximate surface area is 194 Å². The van der Waals surface area contributed by atoms with Gasteiger partial charge in [0, 0.05) is 0 Å². The number of benzene rings is 4. The molecule has 33 heavy (non-hydrogen) atoms. The predicted octanol–water partition coefficient (Wildman–Crippen LogP) is 7.04. The van der Waals surface area contributed by atoms with Crippen molar-refractivity contribution in [2.45, 2.75) is 18.9 Å². The molecule has 0 saturated heterocycles. The topological polar surface area (TPSA) is 46.5 Å².